The van der Waals surface area contributed by atoms with Gasteiger partial charge in [-0.1, -0.05) is 45.8 Å². The van der Waals surface area contributed by atoms with E-state index >= 15 is 0 Å². The molecule has 3 nitrogen and oxygen atoms in total. The van der Waals surface area contributed by atoms with Crippen molar-refractivity contribution in [1.29, 1.82) is 0 Å². The van der Waals surface area contributed by atoms with Crippen LogP contribution in [0.3, 0.4) is 0 Å². The Labute approximate surface area is 143 Å². The summed E-state index contributed by atoms with van der Waals surface area (Å²) in [5, 5.41) is -0.144. The first-order valence-electron chi connectivity index (χ1n) is 6.94. The van der Waals surface area contributed by atoms with Gasteiger partial charge in [0.1, 0.15) is 0 Å². The average Bonchev–Trinajstić information content (AvgIpc) is 2.99. The highest BCUT2D eigenvalue weighted by Gasteiger charge is 2.36. The van der Waals surface area contributed by atoms with Crippen molar-refractivity contribution in [3.63, 3.8) is 0 Å². The standard InChI is InChI=1S/C16H16BrNO2S2/c1-12-2-4-13(5-3-12)16-18(10-11-21-16)22(19,20)15-8-6-14(17)7-9-15/h2-9,16H,10-11H2,1H3/t16-/m1/s1. The zero-order chi connectivity index (χ0) is 15.7. The van der Waals surface area contributed by atoms with Crippen LogP contribution in [0, 0.1) is 6.92 Å². The SMILES string of the molecule is Cc1ccc([C@H]2SCCN2S(=O)(=O)c2ccc(Br)cc2)cc1. The summed E-state index contributed by atoms with van der Waals surface area (Å²) in [6.45, 7) is 2.57. The monoisotopic (exact) mass is 397 g/mol. The Morgan fingerprint density at radius 1 is 1.09 bits per heavy atom. The molecular formula is C16H16BrNO2S2. The van der Waals surface area contributed by atoms with Crippen LogP contribution in [0.25, 0.3) is 0 Å². The predicted molar refractivity (Wildman–Crippen MR) is 94.4 cm³/mol. The van der Waals surface area contributed by atoms with E-state index in [9.17, 15) is 8.42 Å². The second kappa shape index (κ2) is 6.35. The van der Waals surface area contributed by atoms with Gasteiger partial charge in [-0.2, -0.15) is 4.31 Å². The fraction of sp³-hybridized carbons (Fsp3) is 0.250. The van der Waals surface area contributed by atoms with Gasteiger partial charge in [0.25, 0.3) is 0 Å². The molecule has 22 heavy (non-hydrogen) atoms. The summed E-state index contributed by atoms with van der Waals surface area (Å²) in [6.07, 6.45) is 0. The van der Waals surface area contributed by atoms with Gasteiger partial charge in [-0.25, -0.2) is 8.42 Å². The van der Waals surface area contributed by atoms with Crippen LogP contribution in [0.5, 0.6) is 0 Å². The second-order valence-corrected chi connectivity index (χ2v) is 9.20. The van der Waals surface area contributed by atoms with Crippen LogP contribution < -0.4 is 0 Å². The molecule has 2 aromatic rings. The second-order valence-electron chi connectivity index (χ2n) is 5.20. The maximum Gasteiger partial charge on any atom is 0.244 e. The van der Waals surface area contributed by atoms with Gasteiger partial charge >= 0.3 is 0 Å². The molecule has 0 aromatic heterocycles. The Morgan fingerprint density at radius 2 is 1.73 bits per heavy atom. The largest absolute Gasteiger partial charge is 0.244 e. The molecule has 1 aliphatic rings. The molecule has 0 unspecified atom stereocenters. The fourth-order valence-electron chi connectivity index (χ4n) is 2.44. The lowest BCUT2D eigenvalue weighted by atomic mass is 10.1. The number of benzene rings is 2. The molecule has 1 fully saturated rings. The molecule has 6 heteroatoms. The van der Waals surface area contributed by atoms with Crippen LogP contribution in [0.1, 0.15) is 16.5 Å². The molecule has 0 radical (unpaired) electrons. The van der Waals surface area contributed by atoms with Crippen LogP contribution in [0.15, 0.2) is 57.9 Å². The molecule has 0 N–H and O–H groups in total. The number of rotatable bonds is 3. The van der Waals surface area contributed by atoms with Gasteiger partial charge in [0.05, 0.1) is 10.3 Å². The molecular weight excluding hydrogens is 382 g/mol. The summed E-state index contributed by atoms with van der Waals surface area (Å²) >= 11 is 5.01. The fourth-order valence-corrected chi connectivity index (χ4v) is 5.94. The molecule has 1 saturated heterocycles. The van der Waals surface area contributed by atoms with Crippen LogP contribution in [0.2, 0.25) is 0 Å². The van der Waals surface area contributed by atoms with Gasteiger partial charge in [0, 0.05) is 16.8 Å². The van der Waals surface area contributed by atoms with E-state index in [1.54, 1.807) is 40.3 Å². The third kappa shape index (κ3) is 3.11. The molecule has 0 saturated carbocycles. The van der Waals surface area contributed by atoms with Crippen molar-refractivity contribution in [3.05, 3.63) is 64.1 Å². The minimum Gasteiger partial charge on any atom is -0.207 e. The van der Waals surface area contributed by atoms with E-state index in [4.69, 9.17) is 0 Å². The van der Waals surface area contributed by atoms with Crippen molar-refractivity contribution in [2.75, 3.05) is 12.3 Å². The summed E-state index contributed by atoms with van der Waals surface area (Å²) < 4.78 is 28.3. The molecule has 0 spiro atoms. The lowest BCUT2D eigenvalue weighted by molar-refractivity contribution is 0.434. The van der Waals surface area contributed by atoms with Crippen LogP contribution in [0.4, 0.5) is 0 Å². The Hall–Kier alpha value is -0.820. The highest BCUT2D eigenvalue weighted by atomic mass is 79.9. The number of halogens is 1. The zero-order valence-electron chi connectivity index (χ0n) is 12.1. The quantitative estimate of drug-likeness (QED) is 0.778. The minimum atomic E-state index is -3.47. The third-order valence-corrected chi connectivity index (χ3v) is 7.43. The minimum absolute atomic E-state index is 0.144. The number of hydrogen-bond donors (Lipinski definition) is 0. The molecule has 1 heterocycles. The maximum atomic E-state index is 12.9. The Bertz CT molecular complexity index is 758. The van der Waals surface area contributed by atoms with E-state index in [0.29, 0.717) is 11.4 Å². The van der Waals surface area contributed by atoms with E-state index in [1.165, 1.54) is 5.56 Å². The lowest BCUT2D eigenvalue weighted by Gasteiger charge is -2.23. The highest BCUT2D eigenvalue weighted by molar-refractivity contribution is 9.10. The van der Waals surface area contributed by atoms with Crippen molar-refractivity contribution >= 4 is 37.7 Å². The van der Waals surface area contributed by atoms with Crippen molar-refractivity contribution in [1.82, 2.24) is 4.31 Å². The molecule has 3 rings (SSSR count). The highest BCUT2D eigenvalue weighted by Crippen LogP contribution is 2.41. The lowest BCUT2D eigenvalue weighted by Crippen LogP contribution is -2.30. The first kappa shape index (κ1) is 16.1. The van der Waals surface area contributed by atoms with Gasteiger partial charge in [-0.3, -0.25) is 0 Å². The first-order chi connectivity index (χ1) is 10.5. The van der Waals surface area contributed by atoms with Gasteiger partial charge in [-0.15, -0.1) is 11.8 Å². The molecule has 0 aliphatic carbocycles. The molecule has 0 bridgehead atoms. The number of sulfonamides is 1. The van der Waals surface area contributed by atoms with E-state index < -0.39 is 10.0 Å². The van der Waals surface area contributed by atoms with Crippen LogP contribution >= 0.6 is 27.7 Å². The van der Waals surface area contributed by atoms with Crippen molar-refractivity contribution in [2.45, 2.75) is 17.2 Å². The molecule has 116 valence electrons. The van der Waals surface area contributed by atoms with E-state index in [2.05, 4.69) is 15.9 Å². The van der Waals surface area contributed by atoms with Gasteiger partial charge in [-0.05, 0) is 36.8 Å². The van der Waals surface area contributed by atoms with Gasteiger partial charge in [0.2, 0.25) is 10.0 Å². The van der Waals surface area contributed by atoms with Crippen molar-refractivity contribution < 1.29 is 8.42 Å². The Kier molecular flexibility index (Phi) is 4.64. The number of nitrogens with zero attached hydrogens (tertiary/aromatic N) is 1. The summed E-state index contributed by atoms with van der Waals surface area (Å²) in [7, 11) is -3.47. The first-order valence-corrected chi connectivity index (χ1v) is 10.2. The Morgan fingerprint density at radius 3 is 2.36 bits per heavy atom. The van der Waals surface area contributed by atoms with Gasteiger partial charge < -0.3 is 0 Å². The number of hydrogen-bond acceptors (Lipinski definition) is 3. The van der Waals surface area contributed by atoms with Crippen molar-refractivity contribution in [3.8, 4) is 0 Å². The number of thioether (sulfide) groups is 1. The average molecular weight is 398 g/mol. The summed E-state index contributed by atoms with van der Waals surface area (Å²) in [5.74, 6) is 0.814. The van der Waals surface area contributed by atoms with E-state index in [-0.39, 0.29) is 5.37 Å². The zero-order valence-corrected chi connectivity index (χ0v) is 15.3. The summed E-state index contributed by atoms with van der Waals surface area (Å²) in [4.78, 5) is 0.343. The molecule has 2 aromatic carbocycles. The molecule has 0 amide bonds. The Balaban J connectivity index is 1.95. The van der Waals surface area contributed by atoms with Crippen LogP contribution in [-0.4, -0.2) is 25.0 Å². The smallest absolute Gasteiger partial charge is 0.207 e. The number of aryl methyl sites for hydroxylation is 1. The maximum absolute atomic E-state index is 12.9. The summed E-state index contributed by atoms with van der Waals surface area (Å²) in [6, 6.07) is 14.9. The van der Waals surface area contributed by atoms with E-state index in [1.807, 2.05) is 31.2 Å². The third-order valence-electron chi connectivity index (χ3n) is 3.63. The van der Waals surface area contributed by atoms with Crippen molar-refractivity contribution in [2.24, 2.45) is 0 Å². The normalized spacial score (nSPS) is 19.5. The predicted octanol–water partition coefficient (Wildman–Crippen LogP) is 4.19. The van der Waals surface area contributed by atoms with Crippen LogP contribution in [-0.2, 0) is 10.0 Å². The van der Waals surface area contributed by atoms with E-state index in [0.717, 1.165) is 15.8 Å². The molecule has 1 atom stereocenters. The summed E-state index contributed by atoms with van der Waals surface area (Å²) in [5.41, 5.74) is 2.21. The topological polar surface area (TPSA) is 37.4 Å². The molecule has 1 aliphatic heterocycles. The van der Waals surface area contributed by atoms with Gasteiger partial charge in [0.15, 0.2) is 0 Å².